The average Bonchev–Trinajstić information content (AvgIpc) is 3.52. The van der Waals surface area contributed by atoms with Gasteiger partial charge in [-0.3, -0.25) is 9.69 Å². The van der Waals surface area contributed by atoms with Crippen LogP contribution in [0.1, 0.15) is 45.5 Å². The molecule has 4 aromatic rings. The molecule has 4 nitrogen and oxygen atoms in total. The fraction of sp³-hybridized carbons (Fsp3) is 0.300. The number of ketones is 1. The number of methoxy groups -OCH3 is 1. The minimum atomic E-state index is 0.0344. The van der Waals surface area contributed by atoms with Gasteiger partial charge in [0.2, 0.25) is 0 Å². The van der Waals surface area contributed by atoms with E-state index < -0.39 is 0 Å². The highest BCUT2D eigenvalue weighted by molar-refractivity contribution is 7.22. The zero-order valence-corrected chi connectivity index (χ0v) is 21.3. The van der Waals surface area contributed by atoms with Gasteiger partial charge in [0.15, 0.2) is 5.78 Å². The van der Waals surface area contributed by atoms with Crippen molar-refractivity contribution in [3.63, 3.8) is 0 Å². The second-order valence-corrected chi connectivity index (χ2v) is 10.4. The Labute approximate surface area is 211 Å². The van der Waals surface area contributed by atoms with Gasteiger partial charge in [0.25, 0.3) is 0 Å². The van der Waals surface area contributed by atoms with E-state index in [0.717, 1.165) is 63.5 Å². The van der Waals surface area contributed by atoms with E-state index in [1.807, 2.05) is 12.1 Å². The third-order valence-corrected chi connectivity index (χ3v) is 8.07. The van der Waals surface area contributed by atoms with E-state index in [4.69, 9.17) is 10.5 Å². The monoisotopic (exact) mass is 484 g/mol. The van der Waals surface area contributed by atoms with Crippen molar-refractivity contribution >= 4 is 27.2 Å². The molecule has 0 bridgehead atoms. The van der Waals surface area contributed by atoms with E-state index in [-0.39, 0.29) is 5.78 Å². The molecule has 0 unspecified atom stereocenters. The Hall–Kier alpha value is -2.99. The van der Waals surface area contributed by atoms with Crippen molar-refractivity contribution in [1.29, 1.82) is 0 Å². The Morgan fingerprint density at radius 1 is 1.03 bits per heavy atom. The predicted molar refractivity (Wildman–Crippen MR) is 146 cm³/mol. The summed E-state index contributed by atoms with van der Waals surface area (Å²) in [7, 11) is 1.69. The number of thiophene rings is 1. The van der Waals surface area contributed by atoms with Crippen LogP contribution >= 0.6 is 11.3 Å². The molecule has 0 radical (unpaired) electrons. The van der Waals surface area contributed by atoms with Gasteiger partial charge >= 0.3 is 0 Å². The molecular weight excluding hydrogens is 452 g/mol. The third-order valence-electron chi connectivity index (χ3n) is 6.86. The van der Waals surface area contributed by atoms with Crippen LogP contribution in [0.15, 0.2) is 60.7 Å². The maximum Gasteiger partial charge on any atom is 0.195 e. The summed E-state index contributed by atoms with van der Waals surface area (Å²) in [5.74, 6) is 0.818. The first-order valence-electron chi connectivity index (χ1n) is 12.3. The van der Waals surface area contributed by atoms with Crippen molar-refractivity contribution in [2.24, 2.45) is 5.73 Å². The zero-order valence-electron chi connectivity index (χ0n) is 20.5. The summed E-state index contributed by atoms with van der Waals surface area (Å²) in [5.41, 5.74) is 11.7. The number of ether oxygens (including phenoxy) is 1. The molecule has 0 saturated carbocycles. The molecule has 2 heterocycles. The number of carbonyl (C=O) groups excluding carboxylic acids is 1. The van der Waals surface area contributed by atoms with E-state index in [1.54, 1.807) is 18.4 Å². The number of carbonyl (C=O) groups is 1. The quantitative estimate of drug-likeness (QED) is 0.302. The molecule has 5 heteroatoms. The molecule has 35 heavy (non-hydrogen) atoms. The fourth-order valence-corrected chi connectivity index (χ4v) is 6.27. The van der Waals surface area contributed by atoms with Crippen molar-refractivity contribution in [3.8, 4) is 16.2 Å². The Morgan fingerprint density at radius 2 is 1.80 bits per heavy atom. The van der Waals surface area contributed by atoms with Gasteiger partial charge in [0.05, 0.1) is 7.11 Å². The molecule has 1 aromatic heterocycles. The lowest BCUT2D eigenvalue weighted by Gasteiger charge is -2.17. The van der Waals surface area contributed by atoms with E-state index in [9.17, 15) is 4.79 Å². The Bertz CT molecular complexity index is 1350. The van der Waals surface area contributed by atoms with Crippen molar-refractivity contribution in [1.82, 2.24) is 4.90 Å². The predicted octanol–water partition coefficient (Wildman–Crippen LogP) is 6.21. The summed E-state index contributed by atoms with van der Waals surface area (Å²) in [5, 5.41) is 1.01. The number of hydrogen-bond donors (Lipinski definition) is 1. The van der Waals surface area contributed by atoms with Gasteiger partial charge < -0.3 is 10.5 Å². The molecule has 0 spiro atoms. The first-order valence-corrected chi connectivity index (χ1v) is 13.2. The van der Waals surface area contributed by atoms with E-state index in [2.05, 4.69) is 60.4 Å². The fourth-order valence-electron chi connectivity index (χ4n) is 4.96. The van der Waals surface area contributed by atoms with Crippen LogP contribution in [-0.4, -0.2) is 37.4 Å². The summed E-state index contributed by atoms with van der Waals surface area (Å²) in [6, 6.07) is 20.7. The van der Waals surface area contributed by atoms with Gasteiger partial charge in [-0.2, -0.15) is 0 Å². The maximum atomic E-state index is 14.0. The van der Waals surface area contributed by atoms with E-state index in [1.165, 1.54) is 24.0 Å². The molecule has 5 rings (SSSR count). The van der Waals surface area contributed by atoms with E-state index in [0.29, 0.717) is 12.1 Å². The molecule has 1 fully saturated rings. The van der Waals surface area contributed by atoms with Crippen molar-refractivity contribution in [2.75, 3.05) is 26.7 Å². The van der Waals surface area contributed by atoms with Crippen LogP contribution in [0.25, 0.3) is 20.5 Å². The Kier molecular flexibility index (Phi) is 7.00. The molecular formula is C30H32N2O2S. The summed E-state index contributed by atoms with van der Waals surface area (Å²) in [4.78, 5) is 17.5. The lowest BCUT2D eigenvalue weighted by atomic mass is 9.95. The molecule has 2 N–H and O–H groups in total. The SMILES string of the molecule is COc1cc(C(=O)c2c(-c3ccc(CCN)cc3)sc3cc(C)ccc23)ccc1CN1CCCC1. The van der Waals surface area contributed by atoms with Crippen LogP contribution in [0.2, 0.25) is 0 Å². The van der Waals surface area contributed by atoms with Gasteiger partial charge in [-0.15, -0.1) is 11.3 Å². The molecule has 3 aromatic carbocycles. The Balaban J connectivity index is 1.56. The normalized spacial score (nSPS) is 14.0. The third kappa shape index (κ3) is 4.90. The maximum absolute atomic E-state index is 14.0. The van der Waals surface area contributed by atoms with Gasteiger partial charge in [0.1, 0.15) is 5.75 Å². The molecule has 1 aliphatic rings. The summed E-state index contributed by atoms with van der Waals surface area (Å²) >= 11 is 1.68. The average molecular weight is 485 g/mol. The number of rotatable bonds is 8. The number of likely N-dealkylation sites (tertiary alicyclic amines) is 1. The smallest absolute Gasteiger partial charge is 0.195 e. The number of benzene rings is 3. The van der Waals surface area contributed by atoms with Crippen LogP contribution in [0.5, 0.6) is 5.75 Å². The van der Waals surface area contributed by atoms with Gasteiger partial charge in [-0.05, 0) is 74.6 Å². The summed E-state index contributed by atoms with van der Waals surface area (Å²) in [6.07, 6.45) is 3.35. The zero-order chi connectivity index (χ0) is 24.4. The van der Waals surface area contributed by atoms with Crippen molar-refractivity contribution in [3.05, 3.63) is 88.5 Å². The van der Waals surface area contributed by atoms with Crippen LogP contribution in [0, 0.1) is 6.92 Å². The van der Waals surface area contributed by atoms with Gasteiger partial charge in [-0.25, -0.2) is 0 Å². The standard InChI is InChI=1S/C30H32N2O2S/c1-20-5-12-25-27(17-20)35-30(22-8-6-21(7-9-22)13-14-31)28(25)29(33)23-10-11-24(26(18-23)34-2)19-32-15-3-4-16-32/h5-12,17-18H,3-4,13-16,19,31H2,1-2H3. The van der Waals surface area contributed by atoms with Crippen LogP contribution in [0.4, 0.5) is 0 Å². The molecule has 0 amide bonds. The number of nitrogens with zero attached hydrogens (tertiary/aromatic N) is 1. The van der Waals surface area contributed by atoms with Crippen LogP contribution in [0.3, 0.4) is 0 Å². The number of aryl methyl sites for hydroxylation is 1. The second kappa shape index (κ2) is 10.3. The highest BCUT2D eigenvalue weighted by Crippen LogP contribution is 2.41. The summed E-state index contributed by atoms with van der Waals surface area (Å²) < 4.78 is 6.86. The lowest BCUT2D eigenvalue weighted by molar-refractivity contribution is 0.104. The summed E-state index contributed by atoms with van der Waals surface area (Å²) in [6.45, 7) is 5.82. The van der Waals surface area contributed by atoms with Gasteiger partial charge in [0, 0.05) is 38.2 Å². The largest absolute Gasteiger partial charge is 0.496 e. The topological polar surface area (TPSA) is 55.6 Å². The Morgan fingerprint density at radius 3 is 2.51 bits per heavy atom. The lowest BCUT2D eigenvalue weighted by Crippen LogP contribution is -2.19. The van der Waals surface area contributed by atoms with Gasteiger partial charge in [-0.1, -0.05) is 48.5 Å². The van der Waals surface area contributed by atoms with Crippen LogP contribution < -0.4 is 10.5 Å². The molecule has 180 valence electrons. The minimum absolute atomic E-state index is 0.0344. The highest BCUT2D eigenvalue weighted by Gasteiger charge is 2.23. The van der Waals surface area contributed by atoms with Crippen molar-refractivity contribution in [2.45, 2.75) is 32.7 Å². The molecule has 1 saturated heterocycles. The van der Waals surface area contributed by atoms with E-state index >= 15 is 0 Å². The van der Waals surface area contributed by atoms with Crippen molar-refractivity contribution < 1.29 is 9.53 Å². The van der Waals surface area contributed by atoms with Crippen LogP contribution in [-0.2, 0) is 13.0 Å². The minimum Gasteiger partial charge on any atom is -0.496 e. The highest BCUT2D eigenvalue weighted by atomic mass is 32.1. The number of fused-ring (bicyclic) bond motifs is 1. The number of hydrogen-bond acceptors (Lipinski definition) is 5. The first kappa shape index (κ1) is 23.7. The molecule has 1 aliphatic heterocycles. The molecule has 0 aliphatic carbocycles. The first-order chi connectivity index (χ1) is 17.1. The number of nitrogens with two attached hydrogens (primary N) is 1. The second-order valence-electron chi connectivity index (χ2n) is 9.38. The molecule has 0 atom stereocenters.